The number of nitrogens with one attached hydrogen (secondary N) is 1. The molecule has 3 heterocycles. The van der Waals surface area contributed by atoms with E-state index >= 15 is 0 Å². The van der Waals surface area contributed by atoms with E-state index < -0.39 is 0 Å². The molecule has 1 aromatic rings. The summed E-state index contributed by atoms with van der Waals surface area (Å²) in [6.07, 6.45) is 2.83. The van der Waals surface area contributed by atoms with Gasteiger partial charge in [-0.3, -0.25) is 14.7 Å². The molecule has 3 rings (SSSR count). The first-order valence-electron chi connectivity index (χ1n) is 6.80. The highest BCUT2D eigenvalue weighted by molar-refractivity contribution is 5.95. The van der Waals surface area contributed by atoms with Gasteiger partial charge in [0.1, 0.15) is 12.4 Å². The molecule has 2 saturated heterocycles. The van der Waals surface area contributed by atoms with Gasteiger partial charge in [0.15, 0.2) is 0 Å². The molecule has 1 unspecified atom stereocenters. The average molecular weight is 279 g/mol. The summed E-state index contributed by atoms with van der Waals surface area (Å²) in [7, 11) is 0. The number of nitrogens with zero attached hydrogens (tertiary/aromatic N) is 4. The zero-order valence-electron chi connectivity index (χ0n) is 11.1. The number of amides is 2. The molecular weight excluding hydrogens is 262 g/mol. The maximum atomic E-state index is 12.5. The third kappa shape index (κ3) is 2.38. The first-order valence-corrected chi connectivity index (χ1v) is 6.80. The van der Waals surface area contributed by atoms with Gasteiger partial charge in [-0.2, -0.15) is 5.10 Å². The molecule has 0 radical (unpaired) electrons. The van der Waals surface area contributed by atoms with Crippen LogP contribution >= 0.6 is 0 Å². The van der Waals surface area contributed by atoms with Crippen molar-refractivity contribution in [1.82, 2.24) is 25.0 Å². The van der Waals surface area contributed by atoms with Crippen LogP contribution < -0.4 is 0 Å². The normalized spacial score (nSPS) is 23.1. The Morgan fingerprint density at radius 2 is 2.10 bits per heavy atom. The largest absolute Gasteiger partial charge is 0.378 e. The number of hydrogen-bond donors (Lipinski definition) is 1. The summed E-state index contributed by atoms with van der Waals surface area (Å²) < 4.78 is 5.25. The Kier molecular flexibility index (Phi) is 3.64. The number of morpholine rings is 1. The van der Waals surface area contributed by atoms with E-state index in [1.165, 1.54) is 6.33 Å². The smallest absolute Gasteiger partial charge is 0.291 e. The van der Waals surface area contributed by atoms with E-state index in [0.717, 1.165) is 6.42 Å². The van der Waals surface area contributed by atoms with E-state index in [4.69, 9.17) is 4.74 Å². The molecule has 0 aliphatic carbocycles. The lowest BCUT2D eigenvalue weighted by Gasteiger charge is -2.32. The number of aromatic amines is 1. The molecule has 20 heavy (non-hydrogen) atoms. The third-order valence-corrected chi connectivity index (χ3v) is 3.74. The minimum Gasteiger partial charge on any atom is -0.378 e. The van der Waals surface area contributed by atoms with Crippen LogP contribution in [0.4, 0.5) is 0 Å². The van der Waals surface area contributed by atoms with E-state index in [2.05, 4.69) is 15.2 Å². The summed E-state index contributed by atoms with van der Waals surface area (Å²) >= 11 is 0. The predicted molar refractivity (Wildman–Crippen MR) is 67.8 cm³/mol. The van der Waals surface area contributed by atoms with Gasteiger partial charge in [-0.05, 0) is 12.8 Å². The van der Waals surface area contributed by atoms with Crippen LogP contribution in [0.15, 0.2) is 6.33 Å². The van der Waals surface area contributed by atoms with Crippen LogP contribution in [0.25, 0.3) is 0 Å². The van der Waals surface area contributed by atoms with Crippen molar-refractivity contribution in [2.75, 3.05) is 32.8 Å². The molecule has 2 fully saturated rings. The minimum atomic E-state index is -0.384. The van der Waals surface area contributed by atoms with Gasteiger partial charge in [-0.1, -0.05) is 0 Å². The zero-order chi connectivity index (χ0) is 13.9. The fraction of sp³-hybridized carbons (Fsp3) is 0.667. The van der Waals surface area contributed by atoms with Gasteiger partial charge in [0.05, 0.1) is 13.2 Å². The fourth-order valence-corrected chi connectivity index (χ4v) is 2.71. The second-order valence-corrected chi connectivity index (χ2v) is 4.93. The topological polar surface area (TPSA) is 91.4 Å². The number of likely N-dealkylation sites (tertiary alicyclic amines) is 1. The van der Waals surface area contributed by atoms with Crippen molar-refractivity contribution >= 4 is 11.8 Å². The van der Waals surface area contributed by atoms with Gasteiger partial charge in [0, 0.05) is 19.6 Å². The van der Waals surface area contributed by atoms with Crippen LogP contribution in [0, 0.1) is 0 Å². The third-order valence-electron chi connectivity index (χ3n) is 3.74. The molecule has 1 atom stereocenters. The van der Waals surface area contributed by atoms with Crippen molar-refractivity contribution in [2.45, 2.75) is 18.9 Å². The van der Waals surface area contributed by atoms with E-state index in [0.29, 0.717) is 39.3 Å². The van der Waals surface area contributed by atoms with Crippen LogP contribution in [0.2, 0.25) is 0 Å². The van der Waals surface area contributed by atoms with Gasteiger partial charge >= 0.3 is 0 Å². The van der Waals surface area contributed by atoms with Crippen molar-refractivity contribution in [1.29, 1.82) is 0 Å². The molecule has 1 N–H and O–H groups in total. The van der Waals surface area contributed by atoms with E-state index in [1.807, 2.05) is 0 Å². The molecule has 1 aromatic heterocycles. The van der Waals surface area contributed by atoms with Crippen LogP contribution in [0.3, 0.4) is 0 Å². The van der Waals surface area contributed by atoms with Crippen molar-refractivity contribution < 1.29 is 14.3 Å². The van der Waals surface area contributed by atoms with E-state index in [-0.39, 0.29) is 23.7 Å². The van der Waals surface area contributed by atoms with Crippen molar-refractivity contribution in [2.24, 2.45) is 0 Å². The summed E-state index contributed by atoms with van der Waals surface area (Å²) in [5, 5.41) is 6.23. The Morgan fingerprint density at radius 1 is 1.30 bits per heavy atom. The van der Waals surface area contributed by atoms with Gasteiger partial charge in [-0.15, -0.1) is 0 Å². The Bertz CT molecular complexity index is 483. The highest BCUT2D eigenvalue weighted by Crippen LogP contribution is 2.21. The van der Waals surface area contributed by atoms with Crippen molar-refractivity contribution in [3.8, 4) is 0 Å². The van der Waals surface area contributed by atoms with E-state index in [9.17, 15) is 9.59 Å². The second kappa shape index (κ2) is 5.58. The van der Waals surface area contributed by atoms with Crippen LogP contribution in [-0.2, 0) is 9.53 Å². The summed E-state index contributed by atoms with van der Waals surface area (Å²) in [5.41, 5.74) is 0. The molecule has 0 aromatic carbocycles. The first kappa shape index (κ1) is 13.0. The highest BCUT2D eigenvalue weighted by atomic mass is 16.5. The zero-order valence-corrected chi connectivity index (χ0v) is 11.1. The molecule has 0 bridgehead atoms. The lowest BCUT2D eigenvalue weighted by atomic mass is 10.2. The Balaban J connectivity index is 1.71. The van der Waals surface area contributed by atoms with Crippen LogP contribution in [0.5, 0.6) is 0 Å². The Hall–Kier alpha value is -1.96. The van der Waals surface area contributed by atoms with Gasteiger partial charge in [0.2, 0.25) is 11.7 Å². The number of hydrogen-bond acceptors (Lipinski definition) is 5. The lowest BCUT2D eigenvalue weighted by Crippen LogP contribution is -2.51. The number of rotatable bonds is 2. The quantitative estimate of drug-likeness (QED) is 0.770. The highest BCUT2D eigenvalue weighted by Gasteiger charge is 2.38. The molecular formula is C12H17N5O3. The number of carbonyl (C=O) groups excluding carboxylic acids is 2. The number of aromatic nitrogens is 3. The fourth-order valence-electron chi connectivity index (χ4n) is 2.71. The van der Waals surface area contributed by atoms with Gasteiger partial charge in [0.25, 0.3) is 5.91 Å². The summed E-state index contributed by atoms with van der Waals surface area (Å²) in [5.74, 6) is -0.0584. The number of carbonyl (C=O) groups is 2. The summed E-state index contributed by atoms with van der Waals surface area (Å²) in [4.78, 5) is 32.1. The van der Waals surface area contributed by atoms with Crippen LogP contribution in [-0.4, -0.2) is 75.7 Å². The molecule has 8 nitrogen and oxygen atoms in total. The molecule has 2 aliphatic rings. The average Bonchev–Trinajstić information content (AvgIpc) is 3.18. The standard InChI is InChI=1S/C12H17N5O3/c18-11(16-4-6-20-7-5-16)9-2-1-3-17(9)12(19)10-13-8-14-15-10/h8-9H,1-7H2,(H,13,14,15). The molecule has 2 aliphatic heterocycles. The molecule has 2 amide bonds. The van der Waals surface area contributed by atoms with Crippen LogP contribution in [0.1, 0.15) is 23.5 Å². The molecule has 0 saturated carbocycles. The monoisotopic (exact) mass is 279 g/mol. The van der Waals surface area contributed by atoms with Crippen molar-refractivity contribution in [3.05, 3.63) is 12.2 Å². The second-order valence-electron chi connectivity index (χ2n) is 4.93. The first-order chi connectivity index (χ1) is 9.77. The summed E-state index contributed by atoms with van der Waals surface area (Å²) in [6.45, 7) is 2.91. The SMILES string of the molecule is O=C(C1CCCN1C(=O)c1ncn[nH]1)N1CCOCC1. The number of H-pyrrole nitrogens is 1. The Labute approximate surface area is 116 Å². The number of ether oxygens (including phenoxy) is 1. The van der Waals surface area contributed by atoms with Crippen molar-refractivity contribution in [3.63, 3.8) is 0 Å². The maximum Gasteiger partial charge on any atom is 0.291 e. The predicted octanol–water partition coefficient (Wildman–Crippen LogP) is -0.732. The Morgan fingerprint density at radius 3 is 2.80 bits per heavy atom. The maximum absolute atomic E-state index is 12.5. The van der Waals surface area contributed by atoms with Gasteiger partial charge < -0.3 is 14.5 Å². The van der Waals surface area contributed by atoms with E-state index in [1.54, 1.807) is 9.80 Å². The minimum absolute atomic E-state index is 0.0127. The molecule has 0 spiro atoms. The molecule has 8 heteroatoms. The van der Waals surface area contributed by atoms with Gasteiger partial charge in [-0.25, -0.2) is 4.98 Å². The molecule has 108 valence electrons. The lowest BCUT2D eigenvalue weighted by molar-refractivity contribution is -0.139. The summed E-state index contributed by atoms with van der Waals surface area (Å²) in [6, 6.07) is -0.384.